The Balaban J connectivity index is 1.26. The summed E-state index contributed by atoms with van der Waals surface area (Å²) in [6.45, 7) is 3.96. The summed E-state index contributed by atoms with van der Waals surface area (Å²) in [4.78, 5) is 31.6. The predicted octanol–water partition coefficient (Wildman–Crippen LogP) is 4.10. The van der Waals surface area contributed by atoms with Crippen molar-refractivity contribution in [3.63, 3.8) is 0 Å². The average Bonchev–Trinajstić information content (AvgIpc) is 3.50. The first-order chi connectivity index (χ1) is 20.2. The fourth-order valence-corrected chi connectivity index (χ4v) is 6.80. The van der Waals surface area contributed by atoms with Gasteiger partial charge in [-0.1, -0.05) is 12.1 Å². The maximum Gasteiger partial charge on any atom is 0.573 e. The molecule has 43 heavy (non-hydrogen) atoms. The molecule has 9 nitrogen and oxygen atoms in total. The number of aliphatic imine (C=N–C) groups is 1. The number of rotatable bonds is 6. The van der Waals surface area contributed by atoms with Crippen molar-refractivity contribution in [3.05, 3.63) is 69.6 Å². The Bertz CT molecular complexity index is 1590. The zero-order chi connectivity index (χ0) is 31.2. The van der Waals surface area contributed by atoms with Crippen LogP contribution in [0.15, 0.2) is 46.8 Å². The van der Waals surface area contributed by atoms with E-state index in [1.807, 2.05) is 0 Å². The number of ether oxygens (including phenoxy) is 1. The molecule has 0 saturated carbocycles. The van der Waals surface area contributed by atoms with Gasteiger partial charge in [0.25, 0.3) is 11.8 Å². The van der Waals surface area contributed by atoms with Gasteiger partial charge in [0.1, 0.15) is 23.3 Å². The van der Waals surface area contributed by atoms with Gasteiger partial charge in [-0.05, 0) is 80.1 Å². The van der Waals surface area contributed by atoms with E-state index in [4.69, 9.17) is 0 Å². The largest absolute Gasteiger partial charge is 0.573 e. The van der Waals surface area contributed by atoms with Gasteiger partial charge in [0, 0.05) is 36.2 Å². The lowest BCUT2D eigenvalue weighted by Gasteiger charge is -2.34. The van der Waals surface area contributed by atoms with Crippen LogP contribution in [-0.4, -0.2) is 79.5 Å². The van der Waals surface area contributed by atoms with Crippen LogP contribution < -0.4 is 10.1 Å². The molecule has 0 aromatic heterocycles. The first-order valence-corrected chi connectivity index (χ1v) is 15.2. The van der Waals surface area contributed by atoms with Gasteiger partial charge in [-0.15, -0.1) is 13.2 Å². The van der Waals surface area contributed by atoms with Gasteiger partial charge in [0.2, 0.25) is 10.0 Å². The van der Waals surface area contributed by atoms with Crippen LogP contribution >= 0.6 is 0 Å². The molecule has 0 aliphatic carbocycles. The lowest BCUT2D eigenvalue weighted by atomic mass is 9.89. The summed E-state index contributed by atoms with van der Waals surface area (Å²) in [7, 11) is -3.88. The zero-order valence-corrected chi connectivity index (χ0v) is 24.3. The van der Waals surface area contributed by atoms with Crippen molar-refractivity contribution in [1.29, 1.82) is 0 Å². The average molecular weight is 623 g/mol. The molecule has 3 aliphatic rings. The van der Waals surface area contributed by atoms with E-state index < -0.39 is 39.8 Å². The predicted molar refractivity (Wildman–Crippen MR) is 151 cm³/mol. The quantitative estimate of drug-likeness (QED) is 0.489. The maximum atomic E-state index is 13.6. The Hall–Kier alpha value is -3.78. The number of amides is 2. The van der Waals surface area contributed by atoms with Crippen molar-refractivity contribution in [2.45, 2.75) is 51.2 Å². The molecule has 2 aromatic carbocycles. The van der Waals surface area contributed by atoms with Crippen molar-refractivity contribution in [3.8, 4) is 5.75 Å². The van der Waals surface area contributed by atoms with Gasteiger partial charge < -0.3 is 15.0 Å². The molecule has 5 rings (SSSR count). The minimum Gasteiger partial charge on any atom is -0.406 e. The first-order valence-electron chi connectivity index (χ1n) is 13.7. The third-order valence-electron chi connectivity index (χ3n) is 7.90. The third kappa shape index (κ3) is 6.59. The molecule has 0 radical (unpaired) electrons. The number of carbonyl (C=O) groups excluding carboxylic acids is 2. The summed E-state index contributed by atoms with van der Waals surface area (Å²) in [6, 6.07) is 8.42. The second-order valence-corrected chi connectivity index (χ2v) is 12.7. The molecule has 0 unspecified atom stereocenters. The topological polar surface area (TPSA) is 108 Å². The molecule has 3 aliphatic heterocycles. The van der Waals surface area contributed by atoms with Crippen LogP contribution in [-0.2, 0) is 14.8 Å². The SMILES string of the molecule is Cc1cc(C(=O)N2CC[C@@H](F)C2)cc(C)c1C=CS(=O)(=O)N1CCC2(CC1)N=C(c1cccc(OC(F)(F)F)c1)NC2=O. The first kappa shape index (κ1) is 30.7. The molecule has 2 aromatic rings. The number of piperidine rings is 1. The number of alkyl halides is 4. The number of hydrogen-bond donors (Lipinski definition) is 1. The maximum absolute atomic E-state index is 13.6. The van der Waals surface area contributed by atoms with Gasteiger partial charge in [-0.3, -0.25) is 14.6 Å². The monoisotopic (exact) mass is 622 g/mol. The van der Waals surface area contributed by atoms with Crippen LogP contribution in [0.5, 0.6) is 5.75 Å². The smallest absolute Gasteiger partial charge is 0.406 e. The van der Waals surface area contributed by atoms with Crippen molar-refractivity contribution >= 4 is 33.7 Å². The summed E-state index contributed by atoms with van der Waals surface area (Å²) < 4.78 is 83.0. The van der Waals surface area contributed by atoms with E-state index in [0.29, 0.717) is 35.2 Å². The van der Waals surface area contributed by atoms with Gasteiger partial charge >= 0.3 is 6.36 Å². The summed E-state index contributed by atoms with van der Waals surface area (Å²) in [6.07, 6.45) is -3.95. The van der Waals surface area contributed by atoms with Gasteiger partial charge in [-0.25, -0.2) is 12.8 Å². The van der Waals surface area contributed by atoms with Crippen molar-refractivity contribution < 1.29 is 40.3 Å². The highest BCUT2D eigenvalue weighted by Crippen LogP contribution is 2.33. The van der Waals surface area contributed by atoms with E-state index in [1.165, 1.54) is 27.4 Å². The second-order valence-electron chi connectivity index (χ2n) is 10.9. The third-order valence-corrected chi connectivity index (χ3v) is 9.46. The standard InChI is InChI=1S/C29H30F4N4O5S/c1-18-14-21(26(38)36-10-6-22(30)17-36)15-19(2)24(18)7-13-43(40,41)37-11-8-28(9-12-37)27(39)34-25(35-28)20-4-3-5-23(16-20)42-29(31,32)33/h3-5,7,13-16,22H,6,8-12,17H2,1-2H3,(H,34,35,39)/t22-/m1/s1. The molecule has 2 fully saturated rings. The van der Waals surface area contributed by atoms with Crippen LogP contribution in [0.2, 0.25) is 0 Å². The van der Waals surface area contributed by atoms with E-state index >= 15 is 0 Å². The Morgan fingerprint density at radius 2 is 1.79 bits per heavy atom. The molecule has 2 saturated heterocycles. The summed E-state index contributed by atoms with van der Waals surface area (Å²) >= 11 is 0. The molecular formula is C29H30F4N4O5S. The van der Waals surface area contributed by atoms with Crippen LogP contribution in [0.3, 0.4) is 0 Å². The van der Waals surface area contributed by atoms with Crippen molar-refractivity contribution in [1.82, 2.24) is 14.5 Å². The number of nitrogens with one attached hydrogen (secondary N) is 1. The fraction of sp³-hybridized carbons (Fsp3) is 0.414. The molecule has 2 amide bonds. The number of hydrogen-bond acceptors (Lipinski definition) is 6. The minimum atomic E-state index is -4.87. The Morgan fingerprint density at radius 3 is 2.40 bits per heavy atom. The minimum absolute atomic E-state index is 0.00486. The molecular weight excluding hydrogens is 592 g/mol. The number of aryl methyl sites for hydroxylation is 2. The van der Waals surface area contributed by atoms with E-state index in [-0.39, 0.29) is 49.8 Å². The number of nitrogens with zero attached hydrogens (tertiary/aromatic N) is 3. The number of likely N-dealkylation sites (tertiary alicyclic amines) is 1. The van der Waals surface area contributed by atoms with Crippen LogP contribution in [0, 0.1) is 13.8 Å². The van der Waals surface area contributed by atoms with Crippen molar-refractivity contribution in [2.75, 3.05) is 26.2 Å². The number of carbonyl (C=O) groups is 2. The second kappa shape index (κ2) is 11.4. The Labute approximate surface area is 246 Å². The molecule has 3 heterocycles. The van der Waals surface area contributed by atoms with E-state index in [0.717, 1.165) is 17.5 Å². The molecule has 1 atom stereocenters. The van der Waals surface area contributed by atoms with Gasteiger partial charge in [-0.2, -0.15) is 4.31 Å². The lowest BCUT2D eigenvalue weighted by molar-refractivity contribution is -0.274. The lowest BCUT2D eigenvalue weighted by Crippen LogP contribution is -2.50. The number of sulfonamides is 1. The molecule has 1 N–H and O–H groups in total. The number of halogens is 4. The summed E-state index contributed by atoms with van der Waals surface area (Å²) in [5, 5.41) is 3.70. The number of amidine groups is 1. The molecule has 0 bridgehead atoms. The Morgan fingerprint density at radius 1 is 1.12 bits per heavy atom. The highest BCUT2D eigenvalue weighted by molar-refractivity contribution is 7.92. The molecule has 230 valence electrons. The van der Waals surface area contributed by atoms with Crippen LogP contribution in [0.25, 0.3) is 6.08 Å². The molecule has 14 heteroatoms. The highest BCUT2D eigenvalue weighted by atomic mass is 32.2. The zero-order valence-electron chi connectivity index (χ0n) is 23.4. The van der Waals surface area contributed by atoms with Gasteiger partial charge in [0.15, 0.2) is 0 Å². The van der Waals surface area contributed by atoms with Crippen LogP contribution in [0.4, 0.5) is 17.6 Å². The fourth-order valence-electron chi connectivity index (χ4n) is 5.63. The highest BCUT2D eigenvalue weighted by Gasteiger charge is 2.47. The number of benzene rings is 2. The van der Waals surface area contributed by atoms with Crippen molar-refractivity contribution in [2.24, 2.45) is 4.99 Å². The van der Waals surface area contributed by atoms with Gasteiger partial charge in [0.05, 0.1) is 6.54 Å². The van der Waals surface area contributed by atoms with E-state index in [2.05, 4.69) is 15.0 Å². The normalized spacial score (nSPS) is 21.0. The Kier molecular flexibility index (Phi) is 8.11. The molecule has 1 spiro atoms. The van der Waals surface area contributed by atoms with E-state index in [1.54, 1.807) is 26.0 Å². The summed E-state index contributed by atoms with van der Waals surface area (Å²) in [5.74, 6) is -1.07. The van der Waals surface area contributed by atoms with E-state index in [9.17, 15) is 35.6 Å². The summed E-state index contributed by atoms with van der Waals surface area (Å²) in [5.41, 5.74) is 1.43. The van der Waals surface area contributed by atoms with Crippen LogP contribution in [0.1, 0.15) is 51.9 Å².